The first-order valence-corrected chi connectivity index (χ1v) is 8.67. The van der Waals surface area contributed by atoms with E-state index in [1.54, 1.807) is 30.3 Å². The van der Waals surface area contributed by atoms with Crippen LogP contribution in [0.5, 0.6) is 0 Å². The monoisotopic (exact) mass is 454 g/mol. The molecule has 0 saturated heterocycles. The van der Waals surface area contributed by atoms with Crippen molar-refractivity contribution in [2.24, 2.45) is 10.7 Å². The van der Waals surface area contributed by atoms with Gasteiger partial charge in [0.05, 0.1) is 22.7 Å². The van der Waals surface area contributed by atoms with Crippen LogP contribution in [0.1, 0.15) is 31.8 Å². The van der Waals surface area contributed by atoms with Crippen LogP contribution in [0, 0.1) is 0 Å². The van der Waals surface area contributed by atoms with Crippen LogP contribution in [-0.2, 0) is 0 Å². The van der Waals surface area contributed by atoms with Gasteiger partial charge in [-0.1, -0.05) is 24.3 Å². The van der Waals surface area contributed by atoms with Gasteiger partial charge in [0.1, 0.15) is 5.84 Å². The number of fused-ring (bicyclic) bond motifs is 2. The Morgan fingerprint density at radius 1 is 1.04 bits per heavy atom. The lowest BCUT2D eigenvalue weighted by atomic mass is 9.83. The number of halogens is 3. The third kappa shape index (κ3) is 2.65. The van der Waals surface area contributed by atoms with Crippen LogP contribution >= 0.6 is 43.5 Å². The van der Waals surface area contributed by atoms with Crippen molar-refractivity contribution in [3.63, 3.8) is 0 Å². The Labute approximate surface area is 154 Å². The van der Waals surface area contributed by atoms with Crippen molar-refractivity contribution in [3.8, 4) is 0 Å². The molecule has 0 amide bonds. The van der Waals surface area contributed by atoms with Crippen molar-refractivity contribution in [1.82, 2.24) is 0 Å². The fraction of sp³-hybridized carbons (Fsp3) is 0.0625. The molecule has 0 fully saturated rings. The average molecular weight is 457 g/mol. The maximum absolute atomic E-state index is 12.9. The van der Waals surface area contributed by atoms with Crippen molar-refractivity contribution in [2.45, 2.75) is 0 Å². The molecule has 0 saturated carbocycles. The molecular weight excluding hydrogens is 447 g/mol. The lowest BCUT2D eigenvalue weighted by Gasteiger charge is -2.21. The quantitative estimate of drug-likeness (QED) is 0.357. The summed E-state index contributed by atoms with van der Waals surface area (Å²) in [7, 11) is 0. The molecule has 0 unspecified atom stereocenters. The van der Waals surface area contributed by atoms with Crippen LogP contribution < -0.4 is 5.73 Å². The molecule has 0 radical (unpaired) electrons. The minimum Gasteiger partial charge on any atom is -0.386 e. The van der Waals surface area contributed by atoms with E-state index in [-0.39, 0.29) is 34.4 Å². The lowest BCUT2D eigenvalue weighted by Crippen LogP contribution is -2.22. The molecule has 2 N–H and O–H groups in total. The third-order valence-corrected chi connectivity index (χ3v) is 4.97. The molecule has 0 bridgehead atoms. The topological polar surface area (TPSA) is 72.5 Å². The molecule has 3 rings (SSSR count). The number of ketones is 2. The number of aliphatic imine (C=N–C) groups is 1. The largest absolute Gasteiger partial charge is 0.386 e. The van der Waals surface area contributed by atoms with Gasteiger partial charge in [0.25, 0.3) is 0 Å². The van der Waals surface area contributed by atoms with E-state index in [2.05, 4.69) is 36.9 Å². The van der Waals surface area contributed by atoms with Gasteiger partial charge in [-0.3, -0.25) is 9.59 Å². The molecule has 2 aromatic carbocycles. The maximum atomic E-state index is 12.9. The Hall–Kier alpha value is -1.50. The molecule has 0 spiro atoms. The summed E-state index contributed by atoms with van der Waals surface area (Å²) in [6.07, 6.45) is 0. The normalized spacial score (nSPS) is 13.8. The standard InChI is InChI=1S/C16H9Br2ClN2O2/c17-9-5-10(18)14(21-11(20)6-19)13-12(9)15(22)7-3-1-2-4-8(7)16(13)23/h1-5H,6H2,(H2,20,21). The summed E-state index contributed by atoms with van der Waals surface area (Å²) >= 11 is 12.4. The second-order valence-electron chi connectivity index (χ2n) is 4.88. The Bertz CT molecular complexity index is 894. The number of benzene rings is 2. The summed E-state index contributed by atoms with van der Waals surface area (Å²) in [5.74, 6) is -0.305. The Balaban J connectivity index is 2.38. The van der Waals surface area contributed by atoms with E-state index >= 15 is 0 Å². The Kier molecular flexibility index (Phi) is 4.40. The number of hydrogen-bond donors (Lipinski definition) is 1. The van der Waals surface area contributed by atoms with Gasteiger partial charge in [-0.25, -0.2) is 4.99 Å². The number of nitrogens with zero attached hydrogens (tertiary/aromatic N) is 1. The van der Waals surface area contributed by atoms with Crippen molar-refractivity contribution in [2.75, 3.05) is 5.88 Å². The van der Waals surface area contributed by atoms with Crippen LogP contribution in [0.4, 0.5) is 5.69 Å². The first-order chi connectivity index (χ1) is 11.0. The molecule has 7 heteroatoms. The van der Waals surface area contributed by atoms with Gasteiger partial charge in [0.15, 0.2) is 11.6 Å². The highest BCUT2D eigenvalue weighted by molar-refractivity contribution is 9.11. The van der Waals surface area contributed by atoms with E-state index in [0.717, 1.165) is 0 Å². The molecule has 0 aromatic heterocycles. The summed E-state index contributed by atoms with van der Waals surface area (Å²) in [5, 5.41) is 0. The second-order valence-corrected chi connectivity index (χ2v) is 6.86. The fourth-order valence-corrected chi connectivity index (χ4v) is 3.97. The van der Waals surface area contributed by atoms with Crippen molar-refractivity contribution >= 4 is 66.6 Å². The van der Waals surface area contributed by atoms with Gasteiger partial charge in [0, 0.05) is 20.1 Å². The highest BCUT2D eigenvalue weighted by atomic mass is 79.9. The van der Waals surface area contributed by atoms with E-state index < -0.39 is 0 Å². The highest BCUT2D eigenvalue weighted by Gasteiger charge is 2.34. The second kappa shape index (κ2) is 6.19. The lowest BCUT2D eigenvalue weighted by molar-refractivity contribution is 0.0979. The van der Waals surface area contributed by atoms with Gasteiger partial charge in [0.2, 0.25) is 0 Å². The smallest absolute Gasteiger partial charge is 0.196 e. The molecule has 23 heavy (non-hydrogen) atoms. The van der Waals surface area contributed by atoms with Gasteiger partial charge >= 0.3 is 0 Å². The molecule has 2 aromatic rings. The summed E-state index contributed by atoms with van der Waals surface area (Å²) in [4.78, 5) is 29.9. The number of carbonyl (C=O) groups excluding carboxylic acids is 2. The number of alkyl halides is 1. The summed E-state index contributed by atoms with van der Waals surface area (Å²) in [6.45, 7) is 0. The van der Waals surface area contributed by atoms with Crippen LogP contribution in [0.3, 0.4) is 0 Å². The minimum atomic E-state index is -0.265. The Morgan fingerprint density at radius 3 is 2.17 bits per heavy atom. The zero-order chi connectivity index (χ0) is 16.7. The van der Waals surface area contributed by atoms with E-state index in [4.69, 9.17) is 17.3 Å². The van der Waals surface area contributed by atoms with Gasteiger partial charge in [-0.05, 0) is 37.9 Å². The van der Waals surface area contributed by atoms with Crippen LogP contribution in [0.25, 0.3) is 0 Å². The third-order valence-electron chi connectivity index (χ3n) is 3.47. The van der Waals surface area contributed by atoms with Crippen LogP contribution in [0.15, 0.2) is 44.3 Å². The number of rotatable bonds is 2. The number of carbonyl (C=O) groups is 2. The Morgan fingerprint density at radius 2 is 1.61 bits per heavy atom. The summed E-state index contributed by atoms with van der Waals surface area (Å²) in [5.41, 5.74) is 7.28. The first-order valence-electron chi connectivity index (χ1n) is 6.55. The SMILES string of the molecule is NC(CCl)=Nc1c(Br)cc(Br)c2c1C(=O)c1ccccc1C2=O. The minimum absolute atomic E-state index is 0.0238. The molecule has 116 valence electrons. The van der Waals surface area contributed by atoms with Crippen molar-refractivity contribution < 1.29 is 9.59 Å². The molecule has 0 aliphatic heterocycles. The molecular formula is C16H9Br2ClN2O2. The predicted octanol–water partition coefficient (Wildman–Crippen LogP) is 4.21. The molecule has 1 aliphatic rings. The number of nitrogens with two attached hydrogens (primary N) is 1. The zero-order valence-electron chi connectivity index (χ0n) is 11.6. The molecule has 1 aliphatic carbocycles. The summed E-state index contributed by atoms with van der Waals surface area (Å²) in [6, 6.07) is 8.40. The maximum Gasteiger partial charge on any atom is 0.196 e. The highest BCUT2D eigenvalue weighted by Crippen LogP contribution is 2.42. The molecule has 0 heterocycles. The van der Waals surface area contributed by atoms with Crippen LogP contribution in [-0.4, -0.2) is 23.3 Å². The van der Waals surface area contributed by atoms with Crippen molar-refractivity contribution in [1.29, 1.82) is 0 Å². The van der Waals surface area contributed by atoms with E-state index in [1.165, 1.54) is 0 Å². The molecule has 0 atom stereocenters. The molecule has 4 nitrogen and oxygen atoms in total. The first kappa shape index (κ1) is 16.4. The predicted molar refractivity (Wildman–Crippen MR) is 97.2 cm³/mol. The number of amidine groups is 1. The number of hydrogen-bond acceptors (Lipinski definition) is 3. The van der Waals surface area contributed by atoms with Gasteiger partial charge < -0.3 is 5.73 Å². The van der Waals surface area contributed by atoms with Crippen LogP contribution in [0.2, 0.25) is 0 Å². The van der Waals surface area contributed by atoms with E-state index in [1.807, 2.05) is 0 Å². The van der Waals surface area contributed by atoms with Gasteiger partial charge in [-0.15, -0.1) is 11.6 Å². The van der Waals surface area contributed by atoms with Gasteiger partial charge in [-0.2, -0.15) is 0 Å². The van der Waals surface area contributed by atoms with E-state index in [9.17, 15) is 9.59 Å². The fourth-order valence-electron chi connectivity index (χ4n) is 2.48. The zero-order valence-corrected chi connectivity index (χ0v) is 15.5. The average Bonchev–Trinajstić information content (AvgIpc) is 2.54. The van der Waals surface area contributed by atoms with Crippen molar-refractivity contribution in [3.05, 3.63) is 61.5 Å². The summed E-state index contributed by atoms with van der Waals surface area (Å²) < 4.78 is 1.08. The van der Waals surface area contributed by atoms with E-state index in [0.29, 0.717) is 25.8 Å².